The number of aryl methyl sites for hydroxylation is 2. The summed E-state index contributed by atoms with van der Waals surface area (Å²) in [6.45, 7) is 5.31. The number of nitrogens with one attached hydrogen (secondary N) is 2. The monoisotopic (exact) mass is 552 g/mol. The standard InChI is InChI=1S/C23H29FN6O.HI/c1-16-13-19(7-10-21(16)24)14-26-23(27-15-22-29-28-17(2)30(22)3)25-12-11-18-5-8-20(31-4)9-6-18;/h5-10,13H,11-12,14-15H2,1-4H3,(H2,25,26,27);1H. The lowest BCUT2D eigenvalue weighted by molar-refractivity contribution is 0.414. The smallest absolute Gasteiger partial charge is 0.191 e. The number of hydrogen-bond acceptors (Lipinski definition) is 4. The molecule has 1 aromatic heterocycles. The third kappa shape index (κ3) is 7.18. The highest BCUT2D eigenvalue weighted by molar-refractivity contribution is 14.0. The summed E-state index contributed by atoms with van der Waals surface area (Å²) in [5.41, 5.74) is 2.76. The Bertz CT molecular complexity index is 1040. The van der Waals surface area contributed by atoms with Crippen molar-refractivity contribution in [1.82, 2.24) is 25.4 Å². The zero-order valence-electron chi connectivity index (χ0n) is 18.9. The third-order valence-electron chi connectivity index (χ3n) is 5.10. The van der Waals surface area contributed by atoms with Gasteiger partial charge in [0.2, 0.25) is 0 Å². The van der Waals surface area contributed by atoms with Crippen molar-refractivity contribution in [1.29, 1.82) is 0 Å². The Hall–Kier alpha value is -2.69. The molecule has 0 aliphatic heterocycles. The Morgan fingerprint density at radius 1 is 1.06 bits per heavy atom. The van der Waals surface area contributed by atoms with Crippen LogP contribution >= 0.6 is 24.0 Å². The molecule has 0 aliphatic carbocycles. The molecule has 0 unspecified atom stereocenters. The van der Waals surface area contributed by atoms with Crippen LogP contribution in [0.3, 0.4) is 0 Å². The molecular formula is C23H30FIN6O. The average molecular weight is 552 g/mol. The predicted molar refractivity (Wildman–Crippen MR) is 135 cm³/mol. The van der Waals surface area contributed by atoms with Crippen molar-refractivity contribution in [2.75, 3.05) is 13.7 Å². The van der Waals surface area contributed by atoms with Crippen molar-refractivity contribution in [2.45, 2.75) is 33.4 Å². The topological polar surface area (TPSA) is 76.4 Å². The molecule has 0 atom stereocenters. The molecule has 7 nitrogen and oxygen atoms in total. The third-order valence-corrected chi connectivity index (χ3v) is 5.10. The molecule has 32 heavy (non-hydrogen) atoms. The molecule has 0 aliphatic rings. The van der Waals surface area contributed by atoms with Crippen LogP contribution in [0.2, 0.25) is 0 Å². The van der Waals surface area contributed by atoms with Crippen LogP contribution in [0.5, 0.6) is 5.75 Å². The lowest BCUT2D eigenvalue weighted by Crippen LogP contribution is -2.38. The summed E-state index contributed by atoms with van der Waals surface area (Å²) in [6.07, 6.45) is 0.837. The van der Waals surface area contributed by atoms with E-state index in [1.165, 1.54) is 11.6 Å². The van der Waals surface area contributed by atoms with E-state index in [0.29, 0.717) is 31.2 Å². The van der Waals surface area contributed by atoms with Gasteiger partial charge >= 0.3 is 0 Å². The molecular weight excluding hydrogens is 522 g/mol. The van der Waals surface area contributed by atoms with Crippen molar-refractivity contribution in [3.05, 3.63) is 76.6 Å². The first-order valence-corrected chi connectivity index (χ1v) is 10.2. The highest BCUT2D eigenvalue weighted by atomic mass is 127. The van der Waals surface area contributed by atoms with E-state index in [9.17, 15) is 4.39 Å². The fraction of sp³-hybridized carbons (Fsp3) is 0.348. The van der Waals surface area contributed by atoms with E-state index in [0.717, 1.165) is 29.4 Å². The molecule has 0 radical (unpaired) electrons. The minimum atomic E-state index is -0.207. The predicted octanol–water partition coefficient (Wildman–Crippen LogP) is 3.68. The Labute approximate surface area is 205 Å². The summed E-state index contributed by atoms with van der Waals surface area (Å²) in [4.78, 5) is 4.67. The van der Waals surface area contributed by atoms with E-state index < -0.39 is 0 Å². The largest absolute Gasteiger partial charge is 0.497 e. The van der Waals surface area contributed by atoms with Crippen LogP contribution in [-0.4, -0.2) is 34.4 Å². The fourth-order valence-electron chi connectivity index (χ4n) is 3.03. The lowest BCUT2D eigenvalue weighted by Gasteiger charge is -2.13. The molecule has 0 bridgehead atoms. The Kier molecular flexibility index (Phi) is 9.89. The number of rotatable bonds is 8. The molecule has 9 heteroatoms. The van der Waals surface area contributed by atoms with E-state index >= 15 is 0 Å². The second-order valence-corrected chi connectivity index (χ2v) is 7.35. The van der Waals surface area contributed by atoms with Gasteiger partial charge in [-0.25, -0.2) is 9.38 Å². The van der Waals surface area contributed by atoms with Crippen molar-refractivity contribution in [3.63, 3.8) is 0 Å². The van der Waals surface area contributed by atoms with Gasteiger partial charge in [0.1, 0.15) is 17.4 Å². The SMILES string of the molecule is COc1ccc(CCNC(=NCc2ccc(F)c(C)c2)NCc2nnc(C)n2C)cc1.I. The summed E-state index contributed by atoms with van der Waals surface area (Å²) >= 11 is 0. The van der Waals surface area contributed by atoms with E-state index in [2.05, 4.69) is 25.8 Å². The number of ether oxygens (including phenoxy) is 1. The normalized spacial score (nSPS) is 11.1. The van der Waals surface area contributed by atoms with Crippen LogP contribution in [0.4, 0.5) is 4.39 Å². The second kappa shape index (κ2) is 12.4. The number of guanidine groups is 1. The highest BCUT2D eigenvalue weighted by Crippen LogP contribution is 2.12. The van der Waals surface area contributed by atoms with Gasteiger partial charge in [0.05, 0.1) is 20.2 Å². The van der Waals surface area contributed by atoms with Crippen molar-refractivity contribution >= 4 is 29.9 Å². The molecule has 0 amide bonds. The van der Waals surface area contributed by atoms with E-state index in [1.54, 1.807) is 20.1 Å². The number of aliphatic imine (C=N–C) groups is 1. The fourth-order valence-corrected chi connectivity index (χ4v) is 3.03. The highest BCUT2D eigenvalue weighted by Gasteiger charge is 2.07. The zero-order valence-corrected chi connectivity index (χ0v) is 21.2. The molecule has 2 N–H and O–H groups in total. The quantitative estimate of drug-likeness (QED) is 0.254. The van der Waals surface area contributed by atoms with Gasteiger partial charge in [-0.15, -0.1) is 34.2 Å². The van der Waals surface area contributed by atoms with Crippen LogP contribution in [0, 0.1) is 19.7 Å². The summed E-state index contributed by atoms with van der Waals surface area (Å²) in [7, 11) is 3.59. The number of halogens is 2. The zero-order chi connectivity index (χ0) is 22.2. The number of aromatic nitrogens is 3. The van der Waals surface area contributed by atoms with Crippen LogP contribution < -0.4 is 15.4 Å². The van der Waals surface area contributed by atoms with Crippen LogP contribution in [-0.2, 0) is 26.6 Å². The molecule has 1 heterocycles. The van der Waals surface area contributed by atoms with Gasteiger partial charge < -0.3 is 19.9 Å². The van der Waals surface area contributed by atoms with Gasteiger partial charge in [-0.2, -0.15) is 0 Å². The van der Waals surface area contributed by atoms with Gasteiger partial charge in [0.25, 0.3) is 0 Å². The van der Waals surface area contributed by atoms with Crippen LogP contribution in [0.1, 0.15) is 28.3 Å². The molecule has 0 saturated carbocycles. The van der Waals surface area contributed by atoms with E-state index in [-0.39, 0.29) is 29.8 Å². The first-order valence-electron chi connectivity index (χ1n) is 10.2. The molecule has 2 aromatic carbocycles. The van der Waals surface area contributed by atoms with Crippen LogP contribution in [0.15, 0.2) is 47.5 Å². The van der Waals surface area contributed by atoms with Crippen molar-refractivity contribution in [2.24, 2.45) is 12.0 Å². The number of nitrogens with zero attached hydrogens (tertiary/aromatic N) is 4. The molecule has 0 spiro atoms. The second-order valence-electron chi connectivity index (χ2n) is 7.35. The molecule has 0 saturated heterocycles. The number of benzene rings is 2. The van der Waals surface area contributed by atoms with Crippen LogP contribution in [0.25, 0.3) is 0 Å². The van der Waals surface area contributed by atoms with Gasteiger partial charge in [-0.3, -0.25) is 0 Å². The molecule has 0 fully saturated rings. The average Bonchev–Trinajstić information content (AvgIpc) is 3.10. The maximum absolute atomic E-state index is 13.5. The number of hydrogen-bond donors (Lipinski definition) is 2. The Morgan fingerprint density at radius 3 is 2.41 bits per heavy atom. The van der Waals surface area contributed by atoms with Gasteiger partial charge in [0.15, 0.2) is 11.8 Å². The summed E-state index contributed by atoms with van der Waals surface area (Å²) < 4.78 is 20.7. The first-order chi connectivity index (χ1) is 15.0. The summed E-state index contributed by atoms with van der Waals surface area (Å²) in [6, 6.07) is 13.1. The van der Waals surface area contributed by atoms with E-state index in [4.69, 9.17) is 4.74 Å². The summed E-state index contributed by atoms with van der Waals surface area (Å²) in [5.74, 6) is 2.97. The molecule has 172 valence electrons. The minimum absolute atomic E-state index is 0. The molecule has 3 rings (SSSR count). The Morgan fingerprint density at radius 2 is 1.78 bits per heavy atom. The van der Waals surface area contributed by atoms with Crippen molar-refractivity contribution < 1.29 is 9.13 Å². The molecule has 3 aromatic rings. The minimum Gasteiger partial charge on any atom is -0.497 e. The first kappa shape index (κ1) is 25.6. The maximum Gasteiger partial charge on any atom is 0.191 e. The van der Waals surface area contributed by atoms with Gasteiger partial charge in [0, 0.05) is 13.6 Å². The summed E-state index contributed by atoms with van der Waals surface area (Å²) in [5, 5.41) is 15.0. The lowest BCUT2D eigenvalue weighted by atomic mass is 10.1. The van der Waals surface area contributed by atoms with Gasteiger partial charge in [-0.1, -0.05) is 24.3 Å². The number of methoxy groups -OCH3 is 1. The van der Waals surface area contributed by atoms with Gasteiger partial charge in [-0.05, 0) is 55.2 Å². The maximum atomic E-state index is 13.5. The Balaban J connectivity index is 0.00000363. The van der Waals surface area contributed by atoms with Crippen molar-refractivity contribution in [3.8, 4) is 5.75 Å². The van der Waals surface area contributed by atoms with E-state index in [1.807, 2.05) is 48.9 Å².